The standard InChI is InChI=1S/C24H24ClN3O/c1-24(2,3)22-12-16(8-9-27-22)17-11-18(15-26-14-17)20-7-6-19(13-21(20)25)28-10-4-5-23(28)29/h6-9,11-15H,4-5,10H2,1-3H3. The van der Waals surface area contributed by atoms with Gasteiger partial charge in [-0.25, -0.2) is 0 Å². The summed E-state index contributed by atoms with van der Waals surface area (Å²) in [5, 5.41) is 0.617. The lowest BCUT2D eigenvalue weighted by Gasteiger charge is -2.18. The Bertz CT molecular complexity index is 1070. The fourth-order valence-corrected chi connectivity index (χ4v) is 3.88. The Balaban J connectivity index is 1.68. The van der Waals surface area contributed by atoms with Gasteiger partial charge in [-0.05, 0) is 42.3 Å². The van der Waals surface area contributed by atoms with Gasteiger partial charge < -0.3 is 4.90 Å². The van der Waals surface area contributed by atoms with E-state index in [0.717, 1.165) is 46.6 Å². The molecule has 5 heteroatoms. The van der Waals surface area contributed by atoms with Crippen LogP contribution in [0.3, 0.4) is 0 Å². The molecule has 1 aromatic carbocycles. The van der Waals surface area contributed by atoms with Crippen LogP contribution in [0.15, 0.2) is 55.0 Å². The predicted molar refractivity (Wildman–Crippen MR) is 118 cm³/mol. The summed E-state index contributed by atoms with van der Waals surface area (Å²) in [6.45, 7) is 7.21. The fraction of sp³-hybridized carbons (Fsp3) is 0.292. The van der Waals surface area contributed by atoms with Crippen molar-refractivity contribution in [3.8, 4) is 22.3 Å². The molecule has 1 aliphatic heterocycles. The summed E-state index contributed by atoms with van der Waals surface area (Å²) < 4.78 is 0. The van der Waals surface area contributed by atoms with Crippen molar-refractivity contribution in [3.05, 3.63) is 65.7 Å². The Morgan fingerprint density at radius 1 is 1.00 bits per heavy atom. The van der Waals surface area contributed by atoms with Crippen LogP contribution in [-0.4, -0.2) is 22.4 Å². The molecular formula is C24H24ClN3O. The smallest absolute Gasteiger partial charge is 0.227 e. The van der Waals surface area contributed by atoms with E-state index in [9.17, 15) is 4.79 Å². The van der Waals surface area contributed by atoms with Crippen molar-refractivity contribution < 1.29 is 4.79 Å². The number of hydrogen-bond donors (Lipinski definition) is 0. The van der Waals surface area contributed by atoms with Crippen molar-refractivity contribution in [2.75, 3.05) is 11.4 Å². The first-order valence-electron chi connectivity index (χ1n) is 9.85. The molecule has 0 bridgehead atoms. The number of aromatic nitrogens is 2. The number of hydrogen-bond acceptors (Lipinski definition) is 3. The maximum absolute atomic E-state index is 12.0. The number of anilines is 1. The Morgan fingerprint density at radius 3 is 2.48 bits per heavy atom. The molecule has 3 aromatic rings. The second kappa shape index (κ2) is 7.60. The molecule has 4 rings (SSSR count). The zero-order valence-electron chi connectivity index (χ0n) is 16.9. The van der Waals surface area contributed by atoms with Crippen molar-refractivity contribution in [1.82, 2.24) is 9.97 Å². The third-order valence-electron chi connectivity index (χ3n) is 5.25. The Labute approximate surface area is 176 Å². The molecule has 4 nitrogen and oxygen atoms in total. The van der Waals surface area contributed by atoms with E-state index >= 15 is 0 Å². The lowest BCUT2D eigenvalue weighted by Crippen LogP contribution is -2.23. The minimum Gasteiger partial charge on any atom is -0.312 e. The van der Waals surface area contributed by atoms with Crippen molar-refractivity contribution in [2.24, 2.45) is 0 Å². The Morgan fingerprint density at radius 2 is 1.79 bits per heavy atom. The monoisotopic (exact) mass is 405 g/mol. The molecular weight excluding hydrogens is 382 g/mol. The van der Waals surface area contributed by atoms with E-state index in [2.05, 4.69) is 42.9 Å². The lowest BCUT2D eigenvalue weighted by molar-refractivity contribution is -0.117. The summed E-state index contributed by atoms with van der Waals surface area (Å²) in [6, 6.07) is 12.0. The van der Waals surface area contributed by atoms with Crippen molar-refractivity contribution in [1.29, 1.82) is 0 Å². The number of amides is 1. The van der Waals surface area contributed by atoms with Gasteiger partial charge in [0.1, 0.15) is 0 Å². The first-order valence-corrected chi connectivity index (χ1v) is 10.2. The highest BCUT2D eigenvalue weighted by atomic mass is 35.5. The summed E-state index contributed by atoms with van der Waals surface area (Å²) in [7, 11) is 0. The molecule has 2 aromatic heterocycles. The largest absolute Gasteiger partial charge is 0.312 e. The first kappa shape index (κ1) is 19.6. The maximum atomic E-state index is 12.0. The van der Waals surface area contributed by atoms with Gasteiger partial charge in [0.25, 0.3) is 0 Å². The molecule has 0 radical (unpaired) electrons. The van der Waals surface area contributed by atoms with E-state index in [4.69, 9.17) is 11.6 Å². The van der Waals surface area contributed by atoms with E-state index in [-0.39, 0.29) is 11.3 Å². The van der Waals surface area contributed by atoms with E-state index in [1.165, 1.54) is 0 Å². The van der Waals surface area contributed by atoms with Crippen LogP contribution in [-0.2, 0) is 10.2 Å². The molecule has 1 fully saturated rings. The Hall–Kier alpha value is -2.72. The number of nitrogens with zero attached hydrogens (tertiary/aromatic N) is 3. The maximum Gasteiger partial charge on any atom is 0.227 e. The highest BCUT2D eigenvalue weighted by Crippen LogP contribution is 2.34. The van der Waals surface area contributed by atoms with Crippen LogP contribution in [0.2, 0.25) is 5.02 Å². The summed E-state index contributed by atoms with van der Waals surface area (Å²) >= 11 is 6.60. The van der Waals surface area contributed by atoms with Gasteiger partial charge in [-0.15, -0.1) is 0 Å². The number of carbonyl (C=O) groups is 1. The minimum atomic E-state index is -0.0206. The van der Waals surface area contributed by atoms with Crippen LogP contribution in [0.4, 0.5) is 5.69 Å². The first-order chi connectivity index (χ1) is 13.8. The van der Waals surface area contributed by atoms with Gasteiger partial charge in [-0.3, -0.25) is 14.8 Å². The quantitative estimate of drug-likeness (QED) is 0.545. The van der Waals surface area contributed by atoms with Gasteiger partial charge in [0.05, 0.1) is 5.02 Å². The van der Waals surface area contributed by atoms with Crippen molar-refractivity contribution in [3.63, 3.8) is 0 Å². The van der Waals surface area contributed by atoms with E-state index in [1.807, 2.05) is 42.9 Å². The zero-order valence-corrected chi connectivity index (χ0v) is 17.7. The molecule has 0 unspecified atom stereocenters. The van der Waals surface area contributed by atoms with Gasteiger partial charge >= 0.3 is 0 Å². The molecule has 29 heavy (non-hydrogen) atoms. The van der Waals surface area contributed by atoms with E-state index in [1.54, 1.807) is 4.90 Å². The molecule has 0 spiro atoms. The average Bonchev–Trinajstić information content (AvgIpc) is 3.13. The molecule has 148 valence electrons. The summed E-state index contributed by atoms with van der Waals surface area (Å²) in [4.78, 5) is 22.8. The number of carbonyl (C=O) groups excluding carboxylic acids is 1. The molecule has 0 aliphatic carbocycles. The van der Waals surface area contributed by atoms with Gasteiger partial charge in [0, 0.05) is 65.0 Å². The van der Waals surface area contributed by atoms with Gasteiger partial charge in [-0.1, -0.05) is 38.4 Å². The SMILES string of the molecule is CC(C)(C)c1cc(-c2cncc(-c3ccc(N4CCCC4=O)cc3Cl)c2)ccn1. The van der Waals surface area contributed by atoms with Gasteiger partial charge in [-0.2, -0.15) is 0 Å². The zero-order chi connectivity index (χ0) is 20.6. The molecule has 1 saturated heterocycles. The van der Waals surface area contributed by atoms with Crippen molar-refractivity contribution >= 4 is 23.2 Å². The van der Waals surface area contributed by atoms with Crippen molar-refractivity contribution in [2.45, 2.75) is 39.0 Å². The van der Waals surface area contributed by atoms with Crippen LogP contribution in [0.25, 0.3) is 22.3 Å². The second-order valence-electron chi connectivity index (χ2n) is 8.46. The normalized spacial score (nSPS) is 14.5. The van der Waals surface area contributed by atoms with E-state index in [0.29, 0.717) is 11.4 Å². The van der Waals surface area contributed by atoms with Gasteiger partial charge in [0.15, 0.2) is 0 Å². The van der Waals surface area contributed by atoms with Crippen LogP contribution in [0, 0.1) is 0 Å². The molecule has 0 atom stereocenters. The van der Waals surface area contributed by atoms with Crippen LogP contribution in [0.5, 0.6) is 0 Å². The fourth-order valence-electron chi connectivity index (χ4n) is 3.59. The topological polar surface area (TPSA) is 46.1 Å². The highest BCUT2D eigenvalue weighted by molar-refractivity contribution is 6.33. The summed E-state index contributed by atoms with van der Waals surface area (Å²) in [5.41, 5.74) is 5.82. The molecule has 1 aliphatic rings. The predicted octanol–water partition coefficient (Wildman–Crippen LogP) is 5.89. The average molecular weight is 406 g/mol. The highest BCUT2D eigenvalue weighted by Gasteiger charge is 2.22. The second-order valence-corrected chi connectivity index (χ2v) is 8.86. The Kier molecular flexibility index (Phi) is 5.13. The van der Waals surface area contributed by atoms with E-state index < -0.39 is 0 Å². The van der Waals surface area contributed by atoms with Crippen LogP contribution >= 0.6 is 11.6 Å². The third-order valence-corrected chi connectivity index (χ3v) is 5.56. The third kappa shape index (κ3) is 4.03. The molecule has 3 heterocycles. The number of benzene rings is 1. The molecule has 0 saturated carbocycles. The number of halogens is 1. The molecule has 0 N–H and O–H groups in total. The number of rotatable bonds is 3. The van der Waals surface area contributed by atoms with Crippen LogP contribution in [0.1, 0.15) is 39.3 Å². The minimum absolute atomic E-state index is 0.0206. The number of pyridine rings is 2. The lowest BCUT2D eigenvalue weighted by atomic mass is 9.90. The summed E-state index contributed by atoms with van der Waals surface area (Å²) in [5.74, 6) is 0.157. The molecule has 1 amide bonds. The van der Waals surface area contributed by atoms with Gasteiger partial charge in [0.2, 0.25) is 5.91 Å². The van der Waals surface area contributed by atoms with Crippen LogP contribution < -0.4 is 4.90 Å². The summed E-state index contributed by atoms with van der Waals surface area (Å²) in [6.07, 6.45) is 7.02.